The Labute approximate surface area is 152 Å². The first-order chi connectivity index (χ1) is 8.88. The molecule has 0 aromatic heterocycles. The summed E-state index contributed by atoms with van der Waals surface area (Å²) in [6.07, 6.45) is 0. The smallest absolute Gasteiger partial charge is 0.478 e. The first kappa shape index (κ1) is 18.5. The number of carbonyl (C=O) groups is 1. The van der Waals surface area contributed by atoms with Gasteiger partial charge in [-0.2, -0.15) is 21.6 Å². The van der Waals surface area contributed by atoms with Crippen LogP contribution in [0, 0.1) is 10.7 Å². The van der Waals surface area contributed by atoms with Crippen LogP contribution in [0.1, 0.15) is 10.4 Å². The molecule has 0 aliphatic rings. The molecule has 1 aromatic carbocycles. The Hall–Kier alpha value is 0.420. The molecule has 0 fully saturated rings. The van der Waals surface area contributed by atoms with Gasteiger partial charge in [-0.15, -0.1) is 0 Å². The highest BCUT2D eigenvalue weighted by Gasteiger charge is 2.46. The van der Waals surface area contributed by atoms with E-state index in [1.807, 2.05) is 0 Å². The summed E-state index contributed by atoms with van der Waals surface area (Å²) in [5.74, 6) is -1.36. The molecule has 112 valence electrons. The van der Waals surface area contributed by atoms with Gasteiger partial charge in [0.05, 0.1) is 14.8 Å². The summed E-state index contributed by atoms with van der Waals surface area (Å²) in [5, 5.41) is 9.01. The van der Waals surface area contributed by atoms with E-state index in [9.17, 15) is 26.4 Å². The summed E-state index contributed by atoms with van der Waals surface area (Å²) in [5.41, 5.74) is -6.14. The second-order valence-electron chi connectivity index (χ2n) is 3.26. The normalized spacial score (nSPS) is 12.3. The number of anilines is 1. The third kappa shape index (κ3) is 3.79. The number of alkyl halides is 3. The number of hydrogen-bond acceptors (Lipinski definition) is 3. The number of halogens is 6. The third-order valence-corrected chi connectivity index (χ3v) is 5.79. The van der Waals surface area contributed by atoms with Crippen LogP contribution >= 0.6 is 67.8 Å². The van der Waals surface area contributed by atoms with E-state index in [4.69, 9.17) is 5.11 Å². The second kappa shape index (κ2) is 6.27. The summed E-state index contributed by atoms with van der Waals surface area (Å²) < 4.78 is 61.0. The number of carboxylic acids is 1. The molecular formula is C8H3F3I3NO4S. The first-order valence-electron chi connectivity index (χ1n) is 4.38. The molecule has 0 atom stereocenters. The lowest BCUT2D eigenvalue weighted by Crippen LogP contribution is -2.30. The predicted molar refractivity (Wildman–Crippen MR) is 90.1 cm³/mol. The van der Waals surface area contributed by atoms with Crippen molar-refractivity contribution in [2.24, 2.45) is 0 Å². The van der Waals surface area contributed by atoms with Crippen LogP contribution in [0.4, 0.5) is 18.9 Å². The molecule has 0 spiro atoms. The molecule has 5 nitrogen and oxygen atoms in total. The lowest BCUT2D eigenvalue weighted by atomic mass is 10.2. The van der Waals surface area contributed by atoms with E-state index in [2.05, 4.69) is 0 Å². The molecule has 0 unspecified atom stereocenters. The Balaban J connectivity index is 3.49. The molecular weight excluding hydrogens is 644 g/mol. The standard InChI is InChI=1S/C8H3F3I3NO4S/c9-8(10,11)20(18,19)15-6-3(13)1-2(12)4(5(6)14)7(16)17/h1,15H,(H,16,17). The topological polar surface area (TPSA) is 83.5 Å². The van der Waals surface area contributed by atoms with Gasteiger partial charge in [-0.05, 0) is 73.8 Å². The molecule has 0 amide bonds. The molecule has 0 radical (unpaired) electrons. The quantitative estimate of drug-likeness (QED) is 0.493. The average Bonchev–Trinajstić information content (AvgIpc) is 2.21. The second-order valence-corrected chi connectivity index (χ2v) is 8.34. The number of benzene rings is 1. The van der Waals surface area contributed by atoms with E-state index >= 15 is 0 Å². The first-order valence-corrected chi connectivity index (χ1v) is 9.10. The fraction of sp³-hybridized carbons (Fsp3) is 0.125. The van der Waals surface area contributed by atoms with Crippen LogP contribution in [0.5, 0.6) is 0 Å². The average molecular weight is 647 g/mol. The zero-order chi connectivity index (χ0) is 15.9. The summed E-state index contributed by atoms with van der Waals surface area (Å²) >= 11 is 4.82. The van der Waals surface area contributed by atoms with Crippen LogP contribution < -0.4 is 4.72 Å². The van der Waals surface area contributed by atoms with E-state index < -0.39 is 27.2 Å². The van der Waals surface area contributed by atoms with E-state index in [0.29, 0.717) is 3.57 Å². The number of nitrogens with one attached hydrogen (secondary N) is 1. The summed E-state index contributed by atoms with van der Waals surface area (Å²) in [4.78, 5) is 11.1. The Morgan fingerprint density at radius 2 is 1.70 bits per heavy atom. The van der Waals surface area contributed by atoms with Crippen molar-refractivity contribution in [1.82, 2.24) is 0 Å². The van der Waals surface area contributed by atoms with Gasteiger partial charge in [-0.1, -0.05) is 0 Å². The van der Waals surface area contributed by atoms with Crippen LogP contribution in [0.15, 0.2) is 6.07 Å². The molecule has 0 heterocycles. The highest BCUT2D eigenvalue weighted by Crippen LogP contribution is 2.34. The van der Waals surface area contributed by atoms with Crippen LogP contribution in [0.2, 0.25) is 0 Å². The largest absolute Gasteiger partial charge is 0.516 e. The van der Waals surface area contributed by atoms with Gasteiger partial charge in [0, 0.05) is 7.14 Å². The molecule has 0 bridgehead atoms. The van der Waals surface area contributed by atoms with Crippen molar-refractivity contribution in [2.75, 3.05) is 4.72 Å². The van der Waals surface area contributed by atoms with Crippen molar-refractivity contribution in [3.8, 4) is 0 Å². The van der Waals surface area contributed by atoms with Crippen LogP contribution in [-0.4, -0.2) is 25.0 Å². The monoisotopic (exact) mass is 647 g/mol. The lowest BCUT2D eigenvalue weighted by Gasteiger charge is -2.15. The van der Waals surface area contributed by atoms with E-state index in [1.165, 1.54) is 33.4 Å². The summed E-state index contributed by atoms with van der Waals surface area (Å²) in [7, 11) is -5.61. The highest BCUT2D eigenvalue weighted by atomic mass is 127. The number of sulfonamides is 1. The van der Waals surface area contributed by atoms with E-state index in [0.717, 1.165) is 0 Å². The number of rotatable bonds is 3. The Morgan fingerprint density at radius 1 is 1.20 bits per heavy atom. The summed E-state index contributed by atoms with van der Waals surface area (Å²) in [6.45, 7) is 0. The van der Waals surface area contributed by atoms with E-state index in [-0.39, 0.29) is 12.7 Å². The van der Waals surface area contributed by atoms with Crippen molar-refractivity contribution < 1.29 is 31.5 Å². The number of aromatic carboxylic acids is 1. The van der Waals surface area contributed by atoms with Crippen molar-refractivity contribution in [2.45, 2.75) is 5.51 Å². The van der Waals surface area contributed by atoms with Crippen LogP contribution in [0.25, 0.3) is 0 Å². The fourth-order valence-corrected chi connectivity index (χ4v) is 6.14. The molecule has 0 saturated carbocycles. The molecule has 12 heteroatoms. The van der Waals surface area contributed by atoms with Gasteiger partial charge in [0.15, 0.2) is 0 Å². The molecule has 2 N–H and O–H groups in total. The molecule has 1 aromatic rings. The van der Waals surface area contributed by atoms with Gasteiger partial charge >= 0.3 is 21.5 Å². The number of hydrogen-bond donors (Lipinski definition) is 2. The third-order valence-electron chi connectivity index (χ3n) is 1.93. The van der Waals surface area contributed by atoms with Gasteiger partial charge in [0.1, 0.15) is 0 Å². The van der Waals surface area contributed by atoms with Crippen molar-refractivity contribution >= 4 is 89.5 Å². The van der Waals surface area contributed by atoms with Crippen LogP contribution in [-0.2, 0) is 10.0 Å². The highest BCUT2D eigenvalue weighted by molar-refractivity contribution is 14.1. The SMILES string of the molecule is O=C(O)c1c(I)cc(I)c(NS(=O)(=O)C(F)(F)F)c1I. The van der Waals surface area contributed by atoms with Crippen molar-refractivity contribution in [1.29, 1.82) is 0 Å². The van der Waals surface area contributed by atoms with Crippen LogP contribution in [0.3, 0.4) is 0 Å². The minimum atomic E-state index is -5.61. The Kier molecular flexibility index (Phi) is 5.79. The van der Waals surface area contributed by atoms with Gasteiger partial charge < -0.3 is 5.11 Å². The van der Waals surface area contributed by atoms with Gasteiger partial charge in [-0.3, -0.25) is 4.72 Å². The van der Waals surface area contributed by atoms with Crippen molar-refractivity contribution in [3.63, 3.8) is 0 Å². The zero-order valence-electron chi connectivity index (χ0n) is 8.93. The number of carboxylic acid groups (broad SMARTS) is 1. The Morgan fingerprint density at radius 3 is 2.10 bits per heavy atom. The predicted octanol–water partition coefficient (Wildman–Crippen LogP) is 3.46. The van der Waals surface area contributed by atoms with E-state index in [1.54, 1.807) is 45.2 Å². The lowest BCUT2D eigenvalue weighted by molar-refractivity contribution is -0.0429. The maximum absolute atomic E-state index is 12.3. The molecule has 0 saturated heterocycles. The zero-order valence-corrected chi connectivity index (χ0v) is 16.2. The molecule has 1 rings (SSSR count). The molecule has 20 heavy (non-hydrogen) atoms. The molecule has 0 aliphatic heterocycles. The van der Waals surface area contributed by atoms with Crippen molar-refractivity contribution in [3.05, 3.63) is 22.3 Å². The maximum Gasteiger partial charge on any atom is 0.516 e. The fourth-order valence-electron chi connectivity index (χ4n) is 1.07. The van der Waals surface area contributed by atoms with Gasteiger partial charge in [0.25, 0.3) is 0 Å². The molecule has 0 aliphatic carbocycles. The minimum absolute atomic E-state index is 0.112. The Bertz CT molecular complexity index is 675. The van der Waals surface area contributed by atoms with Gasteiger partial charge in [-0.25, -0.2) is 4.79 Å². The van der Waals surface area contributed by atoms with Gasteiger partial charge in [0.2, 0.25) is 0 Å². The maximum atomic E-state index is 12.3. The minimum Gasteiger partial charge on any atom is -0.478 e. The summed E-state index contributed by atoms with van der Waals surface area (Å²) in [6, 6.07) is 1.28.